The lowest BCUT2D eigenvalue weighted by molar-refractivity contribution is -0.138. The van der Waals surface area contributed by atoms with Gasteiger partial charge in [0.1, 0.15) is 0 Å². The lowest BCUT2D eigenvalue weighted by atomic mass is 10.4. The Labute approximate surface area is 85.9 Å². The number of hydrogen-bond acceptors (Lipinski definition) is 2. The summed E-state index contributed by atoms with van der Waals surface area (Å²) in [4.78, 5) is 11.2. The van der Waals surface area contributed by atoms with Gasteiger partial charge in [-0.25, -0.2) is 0 Å². The van der Waals surface area contributed by atoms with Crippen molar-refractivity contribution in [2.75, 3.05) is 7.11 Å². The molecule has 0 unspecified atom stereocenters. The smallest absolute Gasteiger partial charge is 0.303 e. The van der Waals surface area contributed by atoms with Gasteiger partial charge in [0.2, 0.25) is 0 Å². The van der Waals surface area contributed by atoms with Gasteiger partial charge in [0, 0.05) is 6.04 Å². The predicted molar refractivity (Wildman–Crippen MR) is 60.4 cm³/mol. The average Bonchev–Trinajstić information content (AvgIpc) is 2.18. The first kappa shape index (κ1) is 11.0. The van der Waals surface area contributed by atoms with Gasteiger partial charge in [-0.3, -0.25) is 4.79 Å². The van der Waals surface area contributed by atoms with Gasteiger partial charge in [-0.05, 0) is 0 Å². The largest absolute Gasteiger partial charge is 0.469 e. The molecule has 0 aliphatic carbocycles. The summed E-state index contributed by atoms with van der Waals surface area (Å²) < 4.78 is 4.70. The Morgan fingerprint density at radius 1 is 1.29 bits per heavy atom. The van der Waals surface area contributed by atoms with E-state index in [1.807, 2.05) is 18.2 Å². The molecule has 0 saturated carbocycles. The molecule has 0 fully saturated rings. The van der Waals surface area contributed by atoms with Gasteiger partial charge in [0.15, 0.2) is 0 Å². The highest BCUT2D eigenvalue weighted by molar-refractivity contribution is 6.91. The van der Waals surface area contributed by atoms with Crippen molar-refractivity contribution in [3.05, 3.63) is 30.3 Å². The molecule has 3 heteroatoms. The molecule has 0 bridgehead atoms. The maximum atomic E-state index is 11.2. The second-order valence-corrected chi connectivity index (χ2v) is 8.70. The summed E-state index contributed by atoms with van der Waals surface area (Å²) in [6.07, 6.45) is 0. The topological polar surface area (TPSA) is 26.3 Å². The number of rotatable bonds is 3. The molecule has 2 nitrogen and oxygen atoms in total. The van der Waals surface area contributed by atoms with Gasteiger partial charge in [-0.15, -0.1) is 0 Å². The number of esters is 1. The highest BCUT2D eigenvalue weighted by atomic mass is 28.3. The van der Waals surface area contributed by atoms with Crippen LogP contribution in [0.5, 0.6) is 0 Å². The Morgan fingerprint density at radius 3 is 2.36 bits per heavy atom. The molecule has 0 amide bonds. The fraction of sp³-hybridized carbons (Fsp3) is 0.364. The fourth-order valence-corrected chi connectivity index (χ4v) is 3.59. The zero-order valence-electron chi connectivity index (χ0n) is 8.91. The van der Waals surface area contributed by atoms with Crippen LogP contribution in [0.4, 0.5) is 0 Å². The van der Waals surface area contributed by atoms with E-state index in [1.165, 1.54) is 12.3 Å². The van der Waals surface area contributed by atoms with E-state index in [9.17, 15) is 4.79 Å². The zero-order valence-corrected chi connectivity index (χ0v) is 9.91. The number of benzene rings is 1. The highest BCUT2D eigenvalue weighted by Gasteiger charge is 2.26. The Morgan fingerprint density at radius 2 is 1.86 bits per heavy atom. The molecule has 0 saturated heterocycles. The van der Waals surface area contributed by atoms with Gasteiger partial charge in [0.25, 0.3) is 0 Å². The van der Waals surface area contributed by atoms with Crippen LogP contribution in [0.1, 0.15) is 0 Å². The van der Waals surface area contributed by atoms with E-state index >= 15 is 0 Å². The summed E-state index contributed by atoms with van der Waals surface area (Å²) in [7, 11) is -0.196. The van der Waals surface area contributed by atoms with Crippen molar-refractivity contribution in [2.45, 2.75) is 19.1 Å². The van der Waals surface area contributed by atoms with E-state index in [1.54, 1.807) is 0 Å². The Bertz CT molecular complexity index is 306. The minimum atomic E-state index is -1.64. The summed E-state index contributed by atoms with van der Waals surface area (Å²) in [5.41, 5.74) is 0. The van der Waals surface area contributed by atoms with Crippen LogP contribution in [0.25, 0.3) is 0 Å². The van der Waals surface area contributed by atoms with Crippen molar-refractivity contribution in [1.82, 2.24) is 0 Å². The summed E-state index contributed by atoms with van der Waals surface area (Å²) in [6.45, 7) is 4.36. The molecule has 14 heavy (non-hydrogen) atoms. The number of ether oxygens (including phenoxy) is 1. The van der Waals surface area contributed by atoms with E-state index < -0.39 is 8.07 Å². The quantitative estimate of drug-likeness (QED) is 0.559. The monoisotopic (exact) mass is 208 g/mol. The van der Waals surface area contributed by atoms with Crippen molar-refractivity contribution in [3.63, 3.8) is 0 Å². The molecule has 1 aromatic carbocycles. The van der Waals surface area contributed by atoms with Crippen molar-refractivity contribution in [2.24, 2.45) is 0 Å². The summed E-state index contributed by atoms with van der Waals surface area (Å²) in [5.74, 6) is -0.106. The highest BCUT2D eigenvalue weighted by Crippen LogP contribution is 2.10. The van der Waals surface area contributed by atoms with Crippen molar-refractivity contribution >= 4 is 19.2 Å². The lowest BCUT2D eigenvalue weighted by Crippen LogP contribution is -2.43. The van der Waals surface area contributed by atoms with E-state index in [4.69, 9.17) is 4.74 Å². The Hall–Kier alpha value is -1.09. The average molecular weight is 208 g/mol. The first-order chi connectivity index (χ1) is 6.56. The number of carbonyl (C=O) groups excluding carboxylic acids is 1. The van der Waals surface area contributed by atoms with Crippen molar-refractivity contribution in [1.29, 1.82) is 0 Å². The zero-order chi connectivity index (χ0) is 10.6. The molecule has 0 N–H and O–H groups in total. The molecule has 0 aliphatic rings. The van der Waals surface area contributed by atoms with Gasteiger partial charge in [0.05, 0.1) is 15.2 Å². The third kappa shape index (κ3) is 2.70. The minimum Gasteiger partial charge on any atom is -0.469 e. The molecule has 0 atom stereocenters. The summed E-state index contributed by atoms with van der Waals surface area (Å²) >= 11 is 0. The first-order valence-corrected chi connectivity index (χ1v) is 7.89. The van der Waals surface area contributed by atoms with Crippen LogP contribution >= 0.6 is 0 Å². The third-order valence-corrected chi connectivity index (χ3v) is 5.44. The lowest BCUT2D eigenvalue weighted by Gasteiger charge is -2.21. The summed E-state index contributed by atoms with van der Waals surface area (Å²) in [6, 6.07) is 10.8. The normalized spacial score (nSPS) is 11.1. The molecular formula is C11H16O2Si. The second kappa shape index (κ2) is 4.42. The van der Waals surface area contributed by atoms with Crippen LogP contribution in [0.3, 0.4) is 0 Å². The maximum absolute atomic E-state index is 11.2. The van der Waals surface area contributed by atoms with Gasteiger partial charge < -0.3 is 4.74 Å². The molecule has 0 aromatic heterocycles. The molecule has 0 spiro atoms. The molecule has 76 valence electrons. The maximum Gasteiger partial charge on any atom is 0.303 e. The number of hydrogen-bond donors (Lipinski definition) is 0. The van der Waals surface area contributed by atoms with E-state index in [0.717, 1.165) is 0 Å². The SMILES string of the molecule is COC(=O)C[Si](C)(C)c1ccccc1. The standard InChI is InChI=1S/C11H16O2Si/c1-13-11(12)9-14(2,3)10-7-5-4-6-8-10/h4-8H,9H2,1-3H3. The van der Waals surface area contributed by atoms with Gasteiger partial charge >= 0.3 is 5.97 Å². The molecule has 0 heterocycles. The number of methoxy groups -OCH3 is 1. The van der Waals surface area contributed by atoms with E-state index in [2.05, 4.69) is 25.2 Å². The minimum absolute atomic E-state index is 0.106. The fourth-order valence-electron chi connectivity index (χ4n) is 1.42. The van der Waals surface area contributed by atoms with Crippen LogP contribution < -0.4 is 5.19 Å². The molecule has 0 aliphatic heterocycles. The molecule has 0 radical (unpaired) electrons. The Kier molecular flexibility index (Phi) is 3.47. The molecular weight excluding hydrogens is 192 g/mol. The van der Waals surface area contributed by atoms with E-state index in [0.29, 0.717) is 6.04 Å². The van der Waals surface area contributed by atoms with Crippen LogP contribution in [-0.4, -0.2) is 21.2 Å². The molecule has 1 aromatic rings. The Balaban J connectivity index is 2.80. The first-order valence-electron chi connectivity index (χ1n) is 4.68. The molecule has 1 rings (SSSR count). The van der Waals surface area contributed by atoms with Crippen LogP contribution in [0, 0.1) is 0 Å². The van der Waals surface area contributed by atoms with Crippen molar-refractivity contribution in [3.8, 4) is 0 Å². The second-order valence-electron chi connectivity index (χ2n) is 4.00. The van der Waals surface area contributed by atoms with Gasteiger partial charge in [-0.1, -0.05) is 48.6 Å². The third-order valence-electron chi connectivity index (χ3n) is 2.37. The number of carbonyl (C=O) groups is 1. The van der Waals surface area contributed by atoms with Gasteiger partial charge in [-0.2, -0.15) is 0 Å². The van der Waals surface area contributed by atoms with Crippen molar-refractivity contribution < 1.29 is 9.53 Å². The predicted octanol–water partition coefficient (Wildman–Crippen LogP) is 1.77. The van der Waals surface area contributed by atoms with E-state index in [-0.39, 0.29) is 5.97 Å². The van der Waals surface area contributed by atoms with Crippen LogP contribution in [-0.2, 0) is 9.53 Å². The summed E-state index contributed by atoms with van der Waals surface area (Å²) in [5, 5.41) is 1.30. The van der Waals surface area contributed by atoms with Crippen LogP contribution in [0.15, 0.2) is 30.3 Å². The van der Waals surface area contributed by atoms with Crippen LogP contribution in [0.2, 0.25) is 19.1 Å².